The van der Waals surface area contributed by atoms with Crippen LogP contribution < -0.4 is 0 Å². The summed E-state index contributed by atoms with van der Waals surface area (Å²) in [5.41, 5.74) is 4.63. The van der Waals surface area contributed by atoms with Crippen LogP contribution in [0, 0.1) is 5.41 Å². The molecule has 0 spiro atoms. The molecule has 4 heteroatoms. The molecule has 3 nitrogen and oxygen atoms in total. The number of aryl methyl sites for hydroxylation is 1. The van der Waals surface area contributed by atoms with Crippen LogP contribution in [0.5, 0.6) is 0 Å². The van der Waals surface area contributed by atoms with Gasteiger partial charge in [0.15, 0.2) is 0 Å². The number of nitrogens with one attached hydrogen (secondary N) is 2. The molecular formula is C19H23N3S. The molecule has 1 aromatic carbocycles. The molecule has 0 aliphatic rings. The van der Waals surface area contributed by atoms with Crippen molar-refractivity contribution in [3.8, 4) is 0 Å². The fraction of sp³-hybridized carbons (Fsp3) is 0.316. The number of aromatic amines is 1. The molecule has 3 rings (SSSR count). The van der Waals surface area contributed by atoms with Crippen molar-refractivity contribution in [2.24, 2.45) is 0 Å². The van der Waals surface area contributed by atoms with E-state index in [2.05, 4.69) is 48.4 Å². The zero-order chi connectivity index (χ0) is 16.2. The Labute approximate surface area is 141 Å². The summed E-state index contributed by atoms with van der Waals surface area (Å²) in [6, 6.07) is 10.7. The highest BCUT2D eigenvalue weighted by molar-refractivity contribution is 7.12. The Bertz CT molecular complexity index is 784. The number of fused-ring (bicyclic) bond motifs is 1. The maximum atomic E-state index is 8.18. The Morgan fingerprint density at radius 3 is 2.83 bits per heavy atom. The number of hydrogen-bond acceptors (Lipinski definition) is 3. The number of H-pyrrole nitrogens is 1. The van der Waals surface area contributed by atoms with Crippen LogP contribution in [0.2, 0.25) is 0 Å². The highest BCUT2D eigenvalue weighted by atomic mass is 32.1. The summed E-state index contributed by atoms with van der Waals surface area (Å²) < 4.78 is 0. The van der Waals surface area contributed by atoms with Crippen molar-refractivity contribution in [2.45, 2.75) is 19.3 Å². The van der Waals surface area contributed by atoms with Crippen LogP contribution in [0.4, 0.5) is 0 Å². The SMILES string of the molecule is CN(C)CCc1c[nH]c2ccc(CCC(=N)c3cccs3)cc12. The summed E-state index contributed by atoms with van der Waals surface area (Å²) in [5.74, 6) is 0. The van der Waals surface area contributed by atoms with Crippen LogP contribution >= 0.6 is 11.3 Å². The van der Waals surface area contributed by atoms with Crippen LogP contribution in [-0.2, 0) is 12.8 Å². The molecule has 120 valence electrons. The van der Waals surface area contributed by atoms with Gasteiger partial charge in [0, 0.05) is 34.2 Å². The molecule has 0 fully saturated rings. The van der Waals surface area contributed by atoms with Gasteiger partial charge in [0.25, 0.3) is 0 Å². The number of nitrogens with zero attached hydrogens (tertiary/aromatic N) is 1. The number of thiophene rings is 1. The number of benzene rings is 1. The number of likely N-dealkylation sites (N-methyl/N-ethyl adjacent to an activating group) is 1. The highest BCUT2D eigenvalue weighted by Crippen LogP contribution is 2.22. The zero-order valence-corrected chi connectivity index (χ0v) is 14.5. The predicted molar refractivity (Wildman–Crippen MR) is 100 cm³/mol. The molecule has 2 N–H and O–H groups in total. The smallest absolute Gasteiger partial charge is 0.0489 e. The molecule has 0 atom stereocenters. The lowest BCUT2D eigenvalue weighted by molar-refractivity contribution is 0.414. The molecular weight excluding hydrogens is 302 g/mol. The molecule has 0 aliphatic carbocycles. The fourth-order valence-electron chi connectivity index (χ4n) is 2.77. The van der Waals surface area contributed by atoms with Crippen molar-refractivity contribution < 1.29 is 0 Å². The van der Waals surface area contributed by atoms with Crippen molar-refractivity contribution in [1.82, 2.24) is 9.88 Å². The summed E-state index contributed by atoms with van der Waals surface area (Å²) in [6.45, 7) is 1.06. The maximum Gasteiger partial charge on any atom is 0.0489 e. The monoisotopic (exact) mass is 325 g/mol. The molecule has 0 unspecified atom stereocenters. The van der Waals surface area contributed by atoms with Gasteiger partial charge < -0.3 is 15.3 Å². The topological polar surface area (TPSA) is 42.9 Å². The molecule has 0 saturated carbocycles. The van der Waals surface area contributed by atoms with E-state index in [-0.39, 0.29) is 0 Å². The first-order chi connectivity index (χ1) is 11.1. The Hall–Kier alpha value is -1.91. The van der Waals surface area contributed by atoms with Gasteiger partial charge in [0.2, 0.25) is 0 Å². The fourth-order valence-corrected chi connectivity index (χ4v) is 3.48. The van der Waals surface area contributed by atoms with Gasteiger partial charge >= 0.3 is 0 Å². The van der Waals surface area contributed by atoms with Gasteiger partial charge in [-0.25, -0.2) is 0 Å². The standard InChI is InChI=1S/C19H23N3S/c1-22(2)10-9-15-13-21-18-8-6-14(12-16(15)18)5-7-17(20)19-4-3-11-23-19/h3-4,6,8,11-13,20-21H,5,7,9-10H2,1-2H3. The van der Waals surface area contributed by atoms with Crippen molar-refractivity contribution in [3.05, 3.63) is 57.9 Å². The summed E-state index contributed by atoms with van der Waals surface area (Å²) in [6.07, 6.45) is 4.90. The third kappa shape index (κ3) is 3.89. The van der Waals surface area contributed by atoms with E-state index in [0.29, 0.717) is 0 Å². The first-order valence-electron chi connectivity index (χ1n) is 7.98. The average molecular weight is 325 g/mol. The van der Waals surface area contributed by atoms with E-state index in [0.717, 1.165) is 36.4 Å². The molecule has 0 amide bonds. The zero-order valence-electron chi connectivity index (χ0n) is 13.7. The van der Waals surface area contributed by atoms with E-state index in [1.165, 1.54) is 22.0 Å². The van der Waals surface area contributed by atoms with Crippen molar-refractivity contribution in [2.75, 3.05) is 20.6 Å². The quantitative estimate of drug-likeness (QED) is 0.624. The molecule has 2 aromatic heterocycles. The van der Waals surface area contributed by atoms with E-state index in [1.807, 2.05) is 17.5 Å². The van der Waals surface area contributed by atoms with Crippen molar-refractivity contribution >= 4 is 28.0 Å². The second-order valence-electron chi connectivity index (χ2n) is 6.20. The highest BCUT2D eigenvalue weighted by Gasteiger charge is 2.07. The lowest BCUT2D eigenvalue weighted by Crippen LogP contribution is -2.14. The van der Waals surface area contributed by atoms with Gasteiger partial charge in [0.05, 0.1) is 0 Å². The molecule has 23 heavy (non-hydrogen) atoms. The largest absolute Gasteiger partial charge is 0.361 e. The van der Waals surface area contributed by atoms with E-state index >= 15 is 0 Å². The Morgan fingerprint density at radius 1 is 1.22 bits per heavy atom. The summed E-state index contributed by atoms with van der Waals surface area (Å²) in [5, 5.41) is 11.5. The van der Waals surface area contributed by atoms with E-state index < -0.39 is 0 Å². The molecule has 3 aromatic rings. The van der Waals surface area contributed by atoms with Crippen LogP contribution in [-0.4, -0.2) is 36.2 Å². The lowest BCUT2D eigenvalue weighted by Gasteiger charge is -2.08. The minimum absolute atomic E-state index is 0.738. The Balaban J connectivity index is 1.71. The second kappa shape index (κ2) is 7.11. The van der Waals surface area contributed by atoms with Gasteiger partial charge in [-0.1, -0.05) is 12.1 Å². The second-order valence-corrected chi connectivity index (χ2v) is 7.15. The predicted octanol–water partition coefficient (Wildman–Crippen LogP) is 4.33. The molecule has 0 radical (unpaired) electrons. The molecule has 0 bridgehead atoms. The van der Waals surface area contributed by atoms with E-state index in [4.69, 9.17) is 5.41 Å². The number of hydrogen-bond donors (Lipinski definition) is 2. The minimum Gasteiger partial charge on any atom is -0.361 e. The summed E-state index contributed by atoms with van der Waals surface area (Å²) in [7, 11) is 4.22. The van der Waals surface area contributed by atoms with Gasteiger partial charge in [-0.3, -0.25) is 0 Å². The van der Waals surface area contributed by atoms with Crippen LogP contribution in [0.25, 0.3) is 10.9 Å². The third-order valence-electron chi connectivity index (χ3n) is 4.14. The minimum atomic E-state index is 0.738. The van der Waals surface area contributed by atoms with E-state index in [1.54, 1.807) is 11.3 Å². The van der Waals surface area contributed by atoms with Gasteiger partial charge in [-0.15, -0.1) is 11.3 Å². The van der Waals surface area contributed by atoms with Crippen molar-refractivity contribution in [1.29, 1.82) is 5.41 Å². The molecule has 0 saturated heterocycles. The maximum absolute atomic E-state index is 8.18. The summed E-state index contributed by atoms with van der Waals surface area (Å²) >= 11 is 1.65. The normalized spacial score (nSPS) is 11.4. The van der Waals surface area contributed by atoms with Gasteiger partial charge in [0.1, 0.15) is 0 Å². The average Bonchev–Trinajstić information content (AvgIpc) is 3.20. The number of aromatic nitrogens is 1. The molecule has 2 heterocycles. The molecule has 0 aliphatic heterocycles. The van der Waals surface area contributed by atoms with E-state index in [9.17, 15) is 0 Å². The third-order valence-corrected chi connectivity index (χ3v) is 5.07. The lowest BCUT2D eigenvalue weighted by atomic mass is 10.0. The van der Waals surface area contributed by atoms with Crippen molar-refractivity contribution in [3.63, 3.8) is 0 Å². The first-order valence-corrected chi connectivity index (χ1v) is 8.86. The first kappa shape index (κ1) is 16.0. The van der Waals surface area contributed by atoms with Crippen LogP contribution in [0.15, 0.2) is 41.9 Å². The van der Waals surface area contributed by atoms with Crippen LogP contribution in [0.1, 0.15) is 22.4 Å². The summed E-state index contributed by atoms with van der Waals surface area (Å²) in [4.78, 5) is 6.66. The van der Waals surface area contributed by atoms with Gasteiger partial charge in [-0.05, 0) is 68.1 Å². The Morgan fingerprint density at radius 2 is 2.09 bits per heavy atom. The van der Waals surface area contributed by atoms with Crippen LogP contribution in [0.3, 0.4) is 0 Å². The van der Waals surface area contributed by atoms with Gasteiger partial charge in [-0.2, -0.15) is 0 Å². The Kier molecular flexibility index (Phi) is 4.94. The number of rotatable bonds is 7.